The van der Waals surface area contributed by atoms with E-state index in [1.165, 1.54) is 0 Å². The highest BCUT2D eigenvalue weighted by atomic mass is 16.5. The Balaban J connectivity index is 1.12. The Morgan fingerprint density at radius 3 is 2.84 bits per heavy atom. The van der Waals surface area contributed by atoms with Gasteiger partial charge in [0.05, 0.1) is 11.3 Å². The number of rotatable bonds is 4. The van der Waals surface area contributed by atoms with Crippen LogP contribution in [0.15, 0.2) is 23.0 Å². The lowest BCUT2D eigenvalue weighted by atomic mass is 10.0. The zero-order chi connectivity index (χ0) is 21.8. The van der Waals surface area contributed by atoms with Gasteiger partial charge >= 0.3 is 12.0 Å². The van der Waals surface area contributed by atoms with Crippen molar-refractivity contribution in [1.82, 2.24) is 25.0 Å². The lowest BCUT2D eigenvalue weighted by molar-refractivity contribution is 0.217. The molecule has 2 saturated carbocycles. The lowest BCUT2D eigenvalue weighted by Gasteiger charge is -2.29. The van der Waals surface area contributed by atoms with Gasteiger partial charge in [0, 0.05) is 49.9 Å². The number of fused-ring (bicyclic) bond motifs is 2. The fraction of sp³-hybridized carbons (Fsp3) is 0.500. The van der Waals surface area contributed by atoms with E-state index in [-0.39, 0.29) is 12.0 Å². The maximum atomic E-state index is 12.7. The Labute approximate surface area is 184 Å². The van der Waals surface area contributed by atoms with Gasteiger partial charge in [0.15, 0.2) is 5.82 Å². The molecule has 0 aromatic carbocycles. The van der Waals surface area contributed by atoms with E-state index in [9.17, 15) is 10.1 Å². The van der Waals surface area contributed by atoms with Gasteiger partial charge in [-0.25, -0.2) is 9.78 Å². The van der Waals surface area contributed by atoms with Crippen molar-refractivity contribution in [2.75, 3.05) is 30.4 Å². The summed E-state index contributed by atoms with van der Waals surface area (Å²) in [4.78, 5) is 28.6. The molecular weight excluding hydrogens is 408 g/mol. The Morgan fingerprint density at radius 2 is 2.12 bits per heavy atom. The molecule has 2 N–H and O–H groups in total. The van der Waals surface area contributed by atoms with Crippen molar-refractivity contribution < 1.29 is 9.32 Å². The molecule has 6 rings (SSSR count). The van der Waals surface area contributed by atoms with Crippen molar-refractivity contribution in [2.24, 2.45) is 11.8 Å². The van der Waals surface area contributed by atoms with Gasteiger partial charge in [-0.15, -0.1) is 0 Å². The van der Waals surface area contributed by atoms with Crippen molar-refractivity contribution in [3.05, 3.63) is 29.8 Å². The zero-order valence-corrected chi connectivity index (χ0v) is 17.8. The summed E-state index contributed by atoms with van der Waals surface area (Å²) in [5.41, 5.74) is 2.31. The number of anilines is 2. The van der Waals surface area contributed by atoms with Crippen LogP contribution in [0.3, 0.4) is 0 Å². The van der Waals surface area contributed by atoms with Crippen molar-refractivity contribution in [3.8, 4) is 6.07 Å². The number of H-pyrrole nitrogens is 1. The summed E-state index contributed by atoms with van der Waals surface area (Å²) in [6, 6.07) is 4.59. The number of hydrogen-bond acceptors (Lipinski definition) is 7. The molecule has 3 aliphatic rings. The lowest BCUT2D eigenvalue weighted by Crippen LogP contribution is -2.36. The third kappa shape index (κ3) is 3.16. The summed E-state index contributed by atoms with van der Waals surface area (Å²) >= 11 is 0. The summed E-state index contributed by atoms with van der Waals surface area (Å²) in [6.45, 7) is 1.43. The van der Waals surface area contributed by atoms with E-state index >= 15 is 0 Å². The van der Waals surface area contributed by atoms with E-state index in [2.05, 4.69) is 43.4 Å². The Kier molecular flexibility index (Phi) is 4.31. The number of aromatic nitrogens is 4. The maximum absolute atomic E-state index is 12.7. The van der Waals surface area contributed by atoms with Crippen LogP contribution < -0.4 is 10.2 Å². The quantitative estimate of drug-likeness (QED) is 0.648. The van der Waals surface area contributed by atoms with Gasteiger partial charge in [-0.2, -0.15) is 10.2 Å². The van der Waals surface area contributed by atoms with E-state index in [1.54, 1.807) is 6.20 Å². The van der Waals surface area contributed by atoms with E-state index in [4.69, 9.17) is 4.52 Å². The molecule has 1 saturated heterocycles. The van der Waals surface area contributed by atoms with E-state index in [1.807, 2.05) is 17.2 Å². The molecule has 1 unspecified atom stereocenters. The number of likely N-dealkylation sites (tertiary alicyclic amines) is 1. The third-order valence-electron chi connectivity index (χ3n) is 7.19. The summed E-state index contributed by atoms with van der Waals surface area (Å²) in [5, 5.41) is 17.3. The summed E-state index contributed by atoms with van der Waals surface area (Å²) in [7, 11) is 2.06. The number of nitrogens with zero attached hydrogens (tertiary/aromatic N) is 6. The van der Waals surface area contributed by atoms with Gasteiger partial charge in [0.25, 0.3) is 0 Å². The zero-order valence-electron chi connectivity index (χ0n) is 17.8. The topological polar surface area (TPSA) is 127 Å². The molecule has 10 heteroatoms. The number of aromatic amines is 1. The minimum Gasteiger partial charge on any atom is -0.370 e. The average Bonchev–Trinajstić information content (AvgIpc) is 3.17. The van der Waals surface area contributed by atoms with Crippen molar-refractivity contribution in [3.63, 3.8) is 0 Å². The smallest absolute Gasteiger partial charge is 0.329 e. The first-order valence-electron chi connectivity index (χ1n) is 11.1. The molecule has 3 aromatic rings. The number of hydrogen-bond donors (Lipinski definition) is 2. The number of urea groups is 1. The van der Waals surface area contributed by atoms with Gasteiger partial charge in [-0.05, 0) is 43.6 Å². The van der Waals surface area contributed by atoms with Crippen LogP contribution in [0.4, 0.5) is 16.5 Å². The molecule has 3 fully saturated rings. The van der Waals surface area contributed by atoms with Crippen LogP contribution in [0.25, 0.3) is 11.0 Å². The highest BCUT2D eigenvalue weighted by molar-refractivity contribution is 5.93. The van der Waals surface area contributed by atoms with Crippen molar-refractivity contribution >= 4 is 28.8 Å². The number of carbonyl (C=O) groups is 1. The second-order valence-electron chi connectivity index (χ2n) is 9.20. The van der Waals surface area contributed by atoms with Crippen LogP contribution >= 0.6 is 0 Å². The molecule has 10 nitrogen and oxygen atoms in total. The summed E-state index contributed by atoms with van der Waals surface area (Å²) < 4.78 is 5.18. The maximum Gasteiger partial charge on any atom is 0.329 e. The minimum atomic E-state index is -0.176. The fourth-order valence-corrected chi connectivity index (χ4v) is 5.35. The van der Waals surface area contributed by atoms with Gasteiger partial charge < -0.3 is 19.3 Å². The third-order valence-corrected chi connectivity index (χ3v) is 7.19. The minimum absolute atomic E-state index is 0.176. The molecular formula is C22H24N8O2. The molecule has 3 atom stereocenters. The first kappa shape index (κ1) is 19.1. The summed E-state index contributed by atoms with van der Waals surface area (Å²) in [5.74, 6) is 1.95. The molecule has 0 bridgehead atoms. The number of nitrogens with one attached hydrogen (secondary N) is 2. The van der Waals surface area contributed by atoms with E-state index in [0.717, 1.165) is 42.4 Å². The predicted molar refractivity (Wildman–Crippen MR) is 116 cm³/mol. The second-order valence-corrected chi connectivity index (χ2v) is 9.20. The Hall–Kier alpha value is -3.61. The monoisotopic (exact) mass is 432 g/mol. The molecule has 0 radical (unpaired) electrons. The Morgan fingerprint density at radius 1 is 1.34 bits per heavy atom. The van der Waals surface area contributed by atoms with Crippen LogP contribution in [0.1, 0.15) is 43.0 Å². The van der Waals surface area contributed by atoms with Crippen LogP contribution in [0.5, 0.6) is 0 Å². The molecule has 3 aromatic heterocycles. The second kappa shape index (κ2) is 7.22. The molecule has 2 aliphatic carbocycles. The highest BCUT2D eigenvalue weighted by Gasteiger charge is 2.44. The molecule has 164 valence electrons. The largest absolute Gasteiger partial charge is 0.370 e. The van der Waals surface area contributed by atoms with Gasteiger partial charge in [0.1, 0.15) is 11.7 Å². The first-order chi connectivity index (χ1) is 15.6. The van der Waals surface area contributed by atoms with Gasteiger partial charge in [-0.1, -0.05) is 5.16 Å². The Bertz CT molecular complexity index is 1210. The van der Waals surface area contributed by atoms with Crippen LogP contribution in [0, 0.1) is 23.2 Å². The van der Waals surface area contributed by atoms with E-state index < -0.39 is 0 Å². The number of carbonyl (C=O) groups excluding carboxylic acids is 1. The number of amides is 2. The van der Waals surface area contributed by atoms with Crippen LogP contribution in [-0.4, -0.2) is 57.2 Å². The van der Waals surface area contributed by atoms with Crippen molar-refractivity contribution in [2.45, 2.75) is 37.6 Å². The first-order valence-corrected chi connectivity index (χ1v) is 11.1. The number of nitriles is 1. The fourth-order valence-electron chi connectivity index (χ4n) is 5.35. The average molecular weight is 432 g/mol. The van der Waals surface area contributed by atoms with Crippen LogP contribution in [0.2, 0.25) is 0 Å². The predicted octanol–water partition coefficient (Wildman–Crippen LogP) is 3.07. The van der Waals surface area contributed by atoms with Gasteiger partial charge in [0.2, 0.25) is 0 Å². The number of pyridine rings is 1. The van der Waals surface area contributed by atoms with Crippen LogP contribution in [-0.2, 0) is 0 Å². The van der Waals surface area contributed by atoms with Gasteiger partial charge in [-0.3, -0.25) is 5.32 Å². The normalized spacial score (nSPS) is 24.5. The molecule has 2 amide bonds. The molecule has 1 aliphatic heterocycles. The molecule has 0 spiro atoms. The highest BCUT2D eigenvalue weighted by Crippen LogP contribution is 2.43. The molecule has 4 heterocycles. The molecule has 32 heavy (non-hydrogen) atoms. The van der Waals surface area contributed by atoms with E-state index in [0.29, 0.717) is 48.3 Å². The van der Waals surface area contributed by atoms with Crippen molar-refractivity contribution in [1.29, 1.82) is 5.26 Å². The SMILES string of the molecule is CN(c1c(C#N)cnc2[nH]ccc12)C1C[C@@H]2CN(C(=O)Nc3nc(C4CC4)no3)C[C@@H]2C1. The summed E-state index contributed by atoms with van der Waals surface area (Å²) in [6.07, 6.45) is 7.63. The standard InChI is InChI=1S/C22H24N8O2/c1-29(18-15(8-23)9-25-20-17(18)4-5-24-20)16-6-13-10-30(11-14(13)7-16)22(31)27-21-26-19(28-32-21)12-2-3-12/h4-5,9,12-14,16H,2-3,6-7,10-11H2,1H3,(H,24,25)(H,26,27,28,31)/t13-,14+,16?.